The number of nitrogens with one attached hydrogen (secondary N) is 1. The first-order valence-corrected chi connectivity index (χ1v) is 10.6. The van der Waals surface area contributed by atoms with Crippen LogP contribution in [0.25, 0.3) is 5.69 Å². The minimum absolute atomic E-state index is 0.0323. The first-order chi connectivity index (χ1) is 15.9. The van der Waals surface area contributed by atoms with Crippen molar-refractivity contribution in [2.45, 2.75) is 19.8 Å². The number of halogens is 2. The van der Waals surface area contributed by atoms with E-state index >= 15 is 0 Å². The molecule has 0 aliphatic rings. The number of para-hydroxylation sites is 1. The van der Waals surface area contributed by atoms with Crippen molar-refractivity contribution < 1.29 is 14.0 Å². The molecule has 2 heterocycles. The highest BCUT2D eigenvalue weighted by atomic mass is 35.5. The molecule has 0 radical (unpaired) electrons. The second-order valence-electron chi connectivity index (χ2n) is 7.59. The maximum atomic E-state index is 14.5. The minimum Gasteiger partial charge on any atom is -0.324 e. The van der Waals surface area contributed by atoms with Crippen LogP contribution in [0.3, 0.4) is 0 Å². The molecule has 1 amide bonds. The Balaban J connectivity index is 1.48. The summed E-state index contributed by atoms with van der Waals surface area (Å²) in [6.45, 7) is 1.92. The first-order valence-electron chi connectivity index (χ1n) is 10.2. The molecular weight excluding hydrogens is 443 g/mol. The van der Waals surface area contributed by atoms with Crippen molar-refractivity contribution >= 4 is 29.0 Å². The average molecular weight is 463 g/mol. The quantitative estimate of drug-likeness (QED) is 0.393. The Morgan fingerprint density at radius 2 is 1.88 bits per heavy atom. The van der Waals surface area contributed by atoms with Crippen molar-refractivity contribution in [3.05, 3.63) is 106 Å². The van der Waals surface area contributed by atoms with Gasteiger partial charge in [0.25, 0.3) is 0 Å². The van der Waals surface area contributed by atoms with Gasteiger partial charge in [-0.1, -0.05) is 29.8 Å². The van der Waals surface area contributed by atoms with Gasteiger partial charge in [0.15, 0.2) is 5.78 Å². The average Bonchev–Trinajstić information content (AvgIpc) is 3.25. The van der Waals surface area contributed by atoms with E-state index in [9.17, 15) is 14.0 Å². The van der Waals surface area contributed by atoms with Crippen molar-refractivity contribution in [3.8, 4) is 5.69 Å². The lowest BCUT2D eigenvalue weighted by Crippen LogP contribution is -2.14. The molecule has 0 aliphatic carbocycles. The van der Waals surface area contributed by atoms with E-state index in [-0.39, 0.29) is 30.2 Å². The van der Waals surface area contributed by atoms with Crippen LogP contribution in [0.4, 0.5) is 10.1 Å². The van der Waals surface area contributed by atoms with Gasteiger partial charge in [0.2, 0.25) is 5.91 Å². The van der Waals surface area contributed by atoms with E-state index in [1.807, 2.05) is 13.0 Å². The number of rotatable bonds is 7. The number of aromatic nitrogens is 3. The number of hydrogen-bond acceptors (Lipinski definition) is 4. The Kier molecular flexibility index (Phi) is 6.60. The molecule has 6 nitrogen and oxygen atoms in total. The molecule has 166 valence electrons. The zero-order valence-corrected chi connectivity index (χ0v) is 18.5. The number of aryl methyl sites for hydroxylation is 1. The lowest BCUT2D eigenvalue weighted by Gasteiger charge is -2.07. The van der Waals surface area contributed by atoms with Gasteiger partial charge in [-0.3, -0.25) is 14.6 Å². The minimum atomic E-state index is -0.532. The Morgan fingerprint density at radius 3 is 2.64 bits per heavy atom. The molecular formula is C25H20ClFN4O2. The van der Waals surface area contributed by atoms with E-state index in [0.717, 1.165) is 5.56 Å². The fourth-order valence-electron chi connectivity index (χ4n) is 3.26. The number of anilines is 1. The van der Waals surface area contributed by atoms with Crippen LogP contribution < -0.4 is 5.32 Å². The highest BCUT2D eigenvalue weighted by Gasteiger charge is 2.15. The van der Waals surface area contributed by atoms with Gasteiger partial charge in [0, 0.05) is 23.7 Å². The van der Waals surface area contributed by atoms with Crippen molar-refractivity contribution in [2.24, 2.45) is 0 Å². The molecule has 0 bridgehead atoms. The molecule has 4 aromatic rings. The monoisotopic (exact) mass is 462 g/mol. The molecule has 4 rings (SSSR count). The summed E-state index contributed by atoms with van der Waals surface area (Å²) in [4.78, 5) is 29.3. The van der Waals surface area contributed by atoms with Gasteiger partial charge in [0.05, 0.1) is 29.7 Å². The summed E-state index contributed by atoms with van der Waals surface area (Å²) in [7, 11) is 0. The third kappa shape index (κ3) is 5.51. The van der Waals surface area contributed by atoms with E-state index in [1.165, 1.54) is 29.1 Å². The van der Waals surface area contributed by atoms with Crippen molar-refractivity contribution in [3.63, 3.8) is 0 Å². The third-order valence-corrected chi connectivity index (χ3v) is 5.31. The van der Waals surface area contributed by atoms with Gasteiger partial charge in [0.1, 0.15) is 11.5 Å². The summed E-state index contributed by atoms with van der Waals surface area (Å²) in [6.07, 6.45) is 4.88. The van der Waals surface area contributed by atoms with Gasteiger partial charge >= 0.3 is 0 Å². The SMILES string of the molecule is Cc1ccc(CC(=O)c2ccc(F)c(-n3cc(CC(=O)Nc4ccccc4Cl)cn3)c2)nc1. The van der Waals surface area contributed by atoms with Crippen LogP contribution in [0, 0.1) is 12.7 Å². The normalized spacial score (nSPS) is 10.8. The summed E-state index contributed by atoms with van der Waals surface area (Å²) < 4.78 is 15.8. The maximum Gasteiger partial charge on any atom is 0.228 e. The first kappa shape index (κ1) is 22.4. The number of hydrogen-bond donors (Lipinski definition) is 1. The highest BCUT2D eigenvalue weighted by Crippen LogP contribution is 2.21. The molecule has 0 atom stereocenters. The van der Waals surface area contributed by atoms with Crippen molar-refractivity contribution in [1.82, 2.24) is 14.8 Å². The summed E-state index contributed by atoms with van der Waals surface area (Å²) in [5.41, 5.74) is 3.21. The maximum absolute atomic E-state index is 14.5. The van der Waals surface area contributed by atoms with Crippen LogP contribution in [-0.2, 0) is 17.6 Å². The lowest BCUT2D eigenvalue weighted by atomic mass is 10.0. The van der Waals surface area contributed by atoms with Gasteiger partial charge in [-0.2, -0.15) is 5.10 Å². The van der Waals surface area contributed by atoms with Crippen LogP contribution in [0.1, 0.15) is 27.2 Å². The molecule has 0 saturated carbocycles. The molecule has 33 heavy (non-hydrogen) atoms. The number of nitrogens with zero attached hydrogens (tertiary/aromatic N) is 3. The second kappa shape index (κ2) is 9.75. The highest BCUT2D eigenvalue weighted by molar-refractivity contribution is 6.33. The van der Waals surface area contributed by atoms with E-state index < -0.39 is 5.82 Å². The lowest BCUT2D eigenvalue weighted by molar-refractivity contribution is -0.115. The molecule has 2 aromatic heterocycles. The summed E-state index contributed by atoms with van der Waals surface area (Å²) >= 11 is 6.07. The Morgan fingerprint density at radius 1 is 1.06 bits per heavy atom. The van der Waals surface area contributed by atoms with Crippen LogP contribution in [0.15, 0.2) is 73.2 Å². The van der Waals surface area contributed by atoms with E-state index in [4.69, 9.17) is 11.6 Å². The molecule has 8 heteroatoms. The number of carbonyl (C=O) groups excluding carboxylic acids is 2. The molecule has 0 fully saturated rings. The standard InChI is InChI=1S/C25H20ClFN4O2/c1-16-6-8-19(28-13-16)12-24(32)18-7-9-21(27)23(11-18)31-15-17(14-29-31)10-25(33)30-22-5-3-2-4-20(22)26/h2-9,11,13-15H,10,12H2,1H3,(H,30,33). The molecule has 0 spiro atoms. The van der Waals surface area contributed by atoms with E-state index in [1.54, 1.807) is 42.7 Å². The van der Waals surface area contributed by atoms with Crippen LogP contribution >= 0.6 is 11.6 Å². The number of pyridine rings is 1. The van der Waals surface area contributed by atoms with Crippen LogP contribution in [0.5, 0.6) is 0 Å². The second-order valence-corrected chi connectivity index (χ2v) is 8.00. The predicted molar refractivity (Wildman–Crippen MR) is 124 cm³/mol. The van der Waals surface area contributed by atoms with Gasteiger partial charge < -0.3 is 5.32 Å². The summed E-state index contributed by atoms with van der Waals surface area (Å²) in [5, 5.41) is 7.34. The number of carbonyl (C=O) groups is 2. The van der Waals surface area contributed by atoms with Crippen LogP contribution in [0.2, 0.25) is 5.02 Å². The van der Waals surface area contributed by atoms with E-state index in [0.29, 0.717) is 27.5 Å². The summed E-state index contributed by atoms with van der Waals surface area (Å²) in [6, 6.07) is 14.7. The molecule has 1 N–H and O–H groups in total. The number of Topliss-reactive ketones (excluding diaryl/α,β-unsaturated/α-hetero) is 1. The number of amides is 1. The van der Waals surface area contributed by atoms with Crippen molar-refractivity contribution in [2.75, 3.05) is 5.32 Å². The van der Waals surface area contributed by atoms with E-state index in [2.05, 4.69) is 15.4 Å². The molecule has 0 aliphatic heterocycles. The smallest absolute Gasteiger partial charge is 0.228 e. The summed E-state index contributed by atoms with van der Waals surface area (Å²) in [5.74, 6) is -0.994. The molecule has 2 aromatic carbocycles. The fraction of sp³-hybridized carbons (Fsp3) is 0.120. The molecule has 0 saturated heterocycles. The van der Waals surface area contributed by atoms with Crippen molar-refractivity contribution in [1.29, 1.82) is 0 Å². The van der Waals surface area contributed by atoms with Gasteiger partial charge in [-0.05, 0) is 54.4 Å². The largest absolute Gasteiger partial charge is 0.324 e. The number of benzene rings is 2. The topological polar surface area (TPSA) is 76.9 Å². The Bertz CT molecular complexity index is 1320. The fourth-order valence-corrected chi connectivity index (χ4v) is 3.44. The third-order valence-electron chi connectivity index (χ3n) is 4.98. The zero-order chi connectivity index (χ0) is 23.4. The predicted octanol–water partition coefficient (Wildman–Crippen LogP) is 4.97. The Hall–Kier alpha value is -3.84. The van der Waals surface area contributed by atoms with Gasteiger partial charge in [-0.15, -0.1) is 0 Å². The zero-order valence-electron chi connectivity index (χ0n) is 17.8. The van der Waals surface area contributed by atoms with Gasteiger partial charge in [-0.25, -0.2) is 9.07 Å². The molecule has 0 unspecified atom stereocenters. The van der Waals surface area contributed by atoms with Crippen LogP contribution in [-0.4, -0.2) is 26.5 Å². The number of ketones is 1. The Labute approximate surface area is 195 Å².